The van der Waals surface area contributed by atoms with Crippen LogP contribution in [0.4, 0.5) is 0 Å². The molecular formula is C23H23NO4. The Morgan fingerprint density at radius 3 is 1.96 bits per heavy atom. The summed E-state index contributed by atoms with van der Waals surface area (Å²) in [4.78, 5) is 39.0. The molecule has 2 aromatic carbocycles. The van der Waals surface area contributed by atoms with Crippen molar-refractivity contribution in [2.75, 3.05) is 6.61 Å². The van der Waals surface area contributed by atoms with E-state index in [4.69, 9.17) is 4.74 Å². The zero-order valence-electron chi connectivity index (χ0n) is 16.5. The highest BCUT2D eigenvalue weighted by Gasteiger charge is 2.38. The first-order chi connectivity index (χ1) is 13.2. The lowest BCUT2D eigenvalue weighted by Gasteiger charge is -2.21. The van der Waals surface area contributed by atoms with E-state index < -0.39 is 17.8 Å². The summed E-state index contributed by atoms with van der Waals surface area (Å²) >= 11 is 0. The predicted octanol–water partition coefficient (Wildman–Crippen LogP) is 4.18. The molecule has 0 saturated carbocycles. The summed E-state index contributed by atoms with van der Waals surface area (Å²) in [5, 5.41) is 0. The smallest absolute Gasteiger partial charge is 0.332 e. The van der Waals surface area contributed by atoms with Gasteiger partial charge in [-0.15, -0.1) is 0 Å². The number of rotatable bonds is 4. The Morgan fingerprint density at radius 2 is 1.50 bits per heavy atom. The number of esters is 1. The number of benzene rings is 2. The lowest BCUT2D eigenvalue weighted by atomic mass is 9.86. The van der Waals surface area contributed by atoms with Gasteiger partial charge in [0.25, 0.3) is 11.8 Å². The molecule has 0 fully saturated rings. The van der Waals surface area contributed by atoms with E-state index in [1.165, 1.54) is 6.08 Å². The van der Waals surface area contributed by atoms with Crippen molar-refractivity contribution >= 4 is 23.5 Å². The van der Waals surface area contributed by atoms with Crippen LogP contribution in [0, 0.1) is 0 Å². The van der Waals surface area contributed by atoms with E-state index >= 15 is 0 Å². The summed E-state index contributed by atoms with van der Waals surface area (Å²) in [6.45, 7) is 8.20. The Bertz CT molecular complexity index is 930. The number of amides is 2. The van der Waals surface area contributed by atoms with Crippen LogP contribution >= 0.6 is 0 Å². The first kappa shape index (κ1) is 19.5. The molecule has 5 heteroatoms. The molecule has 1 heterocycles. The molecule has 2 aromatic rings. The average Bonchev–Trinajstić information content (AvgIpc) is 2.91. The minimum Gasteiger partial charge on any atom is -0.463 e. The molecule has 0 saturated heterocycles. The number of imide groups is 1. The van der Waals surface area contributed by atoms with Gasteiger partial charge in [0.15, 0.2) is 0 Å². The van der Waals surface area contributed by atoms with Gasteiger partial charge in [-0.3, -0.25) is 9.59 Å². The molecule has 2 amide bonds. The lowest BCUT2D eigenvalue weighted by Crippen LogP contribution is -2.29. The van der Waals surface area contributed by atoms with Gasteiger partial charge in [-0.1, -0.05) is 57.2 Å². The molecule has 0 N–H and O–H groups in total. The van der Waals surface area contributed by atoms with Crippen LogP contribution in [0.25, 0.3) is 5.70 Å². The van der Waals surface area contributed by atoms with Crippen LogP contribution in [0.15, 0.2) is 54.6 Å². The largest absolute Gasteiger partial charge is 0.463 e. The summed E-state index contributed by atoms with van der Waals surface area (Å²) in [6, 6.07) is 14.1. The number of hydrogen-bond donors (Lipinski definition) is 0. The summed E-state index contributed by atoms with van der Waals surface area (Å²) in [5.41, 5.74) is 2.52. The second-order valence-electron chi connectivity index (χ2n) is 7.60. The van der Waals surface area contributed by atoms with Crippen LogP contribution < -0.4 is 0 Å². The highest BCUT2D eigenvalue weighted by atomic mass is 16.5. The van der Waals surface area contributed by atoms with Gasteiger partial charge in [-0.05, 0) is 35.6 Å². The first-order valence-corrected chi connectivity index (χ1v) is 9.21. The highest BCUT2D eigenvalue weighted by molar-refractivity contribution is 6.26. The topological polar surface area (TPSA) is 63.7 Å². The minimum atomic E-state index is -0.603. The van der Waals surface area contributed by atoms with Gasteiger partial charge >= 0.3 is 5.97 Å². The van der Waals surface area contributed by atoms with Crippen molar-refractivity contribution in [1.82, 2.24) is 4.90 Å². The Balaban J connectivity index is 2.08. The quantitative estimate of drug-likeness (QED) is 0.455. The van der Waals surface area contributed by atoms with Crippen molar-refractivity contribution < 1.29 is 19.1 Å². The summed E-state index contributed by atoms with van der Waals surface area (Å²) in [7, 11) is 0. The Labute approximate surface area is 164 Å². The standard InChI is InChI=1S/C23H23NO4/c1-5-28-20(25)14-19(15-10-12-16(13-11-15)23(2,3)4)24-21(26)17-8-6-7-9-18(17)22(24)27/h6-14H,5H2,1-4H3/b19-14-. The van der Waals surface area contributed by atoms with Crippen molar-refractivity contribution in [2.45, 2.75) is 33.1 Å². The maximum absolute atomic E-state index is 12.9. The molecule has 0 bridgehead atoms. The molecule has 0 spiro atoms. The van der Waals surface area contributed by atoms with E-state index in [1.54, 1.807) is 31.2 Å². The monoisotopic (exact) mass is 377 g/mol. The van der Waals surface area contributed by atoms with Crippen LogP contribution in [0.5, 0.6) is 0 Å². The number of nitrogens with zero attached hydrogens (tertiary/aromatic N) is 1. The number of carbonyl (C=O) groups excluding carboxylic acids is 3. The summed E-state index contributed by atoms with van der Waals surface area (Å²) in [5.74, 6) is -1.50. The third-order valence-corrected chi connectivity index (χ3v) is 4.62. The van der Waals surface area contributed by atoms with E-state index in [9.17, 15) is 14.4 Å². The molecule has 5 nitrogen and oxygen atoms in total. The van der Waals surface area contributed by atoms with Gasteiger partial charge in [0.2, 0.25) is 0 Å². The first-order valence-electron chi connectivity index (χ1n) is 9.21. The number of ether oxygens (including phenoxy) is 1. The lowest BCUT2D eigenvalue weighted by molar-refractivity contribution is -0.137. The van der Waals surface area contributed by atoms with Gasteiger partial charge < -0.3 is 4.74 Å². The average molecular weight is 377 g/mol. The van der Waals surface area contributed by atoms with Crippen LogP contribution in [0.1, 0.15) is 59.5 Å². The van der Waals surface area contributed by atoms with Crippen molar-refractivity contribution in [3.63, 3.8) is 0 Å². The molecule has 0 aliphatic carbocycles. The third kappa shape index (κ3) is 3.60. The van der Waals surface area contributed by atoms with Gasteiger partial charge in [-0.2, -0.15) is 0 Å². The second-order valence-corrected chi connectivity index (χ2v) is 7.60. The normalized spacial score (nSPS) is 14.3. The van der Waals surface area contributed by atoms with Crippen LogP contribution in [0.3, 0.4) is 0 Å². The molecule has 0 aromatic heterocycles. The molecule has 3 rings (SSSR count). The molecule has 144 valence electrons. The van der Waals surface area contributed by atoms with Gasteiger partial charge in [0, 0.05) is 6.08 Å². The van der Waals surface area contributed by atoms with E-state index in [1.807, 2.05) is 24.3 Å². The van der Waals surface area contributed by atoms with Crippen LogP contribution in [-0.4, -0.2) is 29.3 Å². The maximum Gasteiger partial charge on any atom is 0.332 e. The second kappa shape index (κ2) is 7.43. The van der Waals surface area contributed by atoms with Gasteiger partial charge in [0.05, 0.1) is 23.4 Å². The molecule has 0 atom stereocenters. The fraction of sp³-hybridized carbons (Fsp3) is 0.261. The zero-order chi connectivity index (χ0) is 20.5. The van der Waals surface area contributed by atoms with Crippen LogP contribution in [-0.2, 0) is 14.9 Å². The van der Waals surface area contributed by atoms with E-state index in [2.05, 4.69) is 20.8 Å². The number of carbonyl (C=O) groups is 3. The SMILES string of the molecule is CCOC(=O)/C=C(/c1ccc(C(C)(C)C)cc1)N1C(=O)c2ccccc2C1=O. The highest BCUT2D eigenvalue weighted by Crippen LogP contribution is 2.32. The molecule has 28 heavy (non-hydrogen) atoms. The Hall–Kier alpha value is -3.21. The zero-order valence-corrected chi connectivity index (χ0v) is 16.5. The molecule has 0 unspecified atom stereocenters. The predicted molar refractivity (Wildman–Crippen MR) is 107 cm³/mol. The van der Waals surface area contributed by atoms with Crippen LogP contribution in [0.2, 0.25) is 0 Å². The van der Waals surface area contributed by atoms with Gasteiger partial charge in [-0.25, -0.2) is 9.69 Å². The van der Waals surface area contributed by atoms with Crippen molar-refractivity contribution in [3.8, 4) is 0 Å². The van der Waals surface area contributed by atoms with E-state index in [0.29, 0.717) is 16.7 Å². The maximum atomic E-state index is 12.9. The number of fused-ring (bicyclic) bond motifs is 1. The number of hydrogen-bond acceptors (Lipinski definition) is 4. The summed E-state index contributed by atoms with van der Waals surface area (Å²) in [6.07, 6.45) is 1.21. The van der Waals surface area contributed by atoms with Gasteiger partial charge in [0.1, 0.15) is 0 Å². The fourth-order valence-corrected chi connectivity index (χ4v) is 3.12. The fourth-order valence-electron chi connectivity index (χ4n) is 3.12. The van der Waals surface area contributed by atoms with Crippen molar-refractivity contribution in [3.05, 3.63) is 76.9 Å². The Kier molecular flexibility index (Phi) is 5.18. The van der Waals surface area contributed by atoms with Crippen molar-refractivity contribution in [2.24, 2.45) is 0 Å². The molecule has 1 aliphatic rings. The Morgan fingerprint density at radius 1 is 0.964 bits per heavy atom. The minimum absolute atomic E-state index is 0.0426. The molecular weight excluding hydrogens is 354 g/mol. The molecule has 0 radical (unpaired) electrons. The summed E-state index contributed by atoms with van der Waals surface area (Å²) < 4.78 is 5.01. The van der Waals surface area contributed by atoms with Crippen molar-refractivity contribution in [1.29, 1.82) is 0 Å². The van der Waals surface area contributed by atoms with E-state index in [0.717, 1.165) is 10.5 Å². The molecule has 1 aliphatic heterocycles. The third-order valence-electron chi connectivity index (χ3n) is 4.62. The van der Waals surface area contributed by atoms with E-state index in [-0.39, 0.29) is 17.7 Å².